The molecule has 0 aromatic rings. The van der Waals surface area contributed by atoms with Crippen LogP contribution in [-0.2, 0) is 0 Å². The Morgan fingerprint density at radius 2 is 1.92 bits per heavy atom. The van der Waals surface area contributed by atoms with Crippen molar-refractivity contribution in [3.63, 3.8) is 0 Å². The van der Waals surface area contributed by atoms with Gasteiger partial charge in [0, 0.05) is 5.75 Å². The zero-order chi connectivity index (χ0) is 10.1. The van der Waals surface area contributed by atoms with Gasteiger partial charge in [0.2, 0.25) is 0 Å². The van der Waals surface area contributed by atoms with Crippen molar-refractivity contribution in [1.29, 1.82) is 5.26 Å². The first-order valence-corrected chi connectivity index (χ1v) is 5.74. The molecule has 0 saturated carbocycles. The van der Waals surface area contributed by atoms with E-state index < -0.39 is 0 Å². The Morgan fingerprint density at radius 1 is 1.31 bits per heavy atom. The maximum Gasteiger partial charge on any atom is 0.118 e. The van der Waals surface area contributed by atoms with Gasteiger partial charge in [-0.15, -0.1) is 0 Å². The minimum atomic E-state index is -0.244. The molecule has 0 aliphatic carbocycles. The van der Waals surface area contributed by atoms with Crippen molar-refractivity contribution in [1.82, 2.24) is 4.90 Å². The molecule has 0 aromatic carbocycles. The topological polar surface area (TPSA) is 27.0 Å². The lowest BCUT2D eigenvalue weighted by molar-refractivity contribution is 0.163. The van der Waals surface area contributed by atoms with E-state index in [1.165, 1.54) is 5.75 Å². The molecule has 0 aromatic heterocycles. The molecule has 1 saturated heterocycles. The van der Waals surface area contributed by atoms with Gasteiger partial charge in [-0.05, 0) is 31.7 Å². The fourth-order valence-electron chi connectivity index (χ4n) is 1.85. The van der Waals surface area contributed by atoms with Crippen LogP contribution in [-0.4, -0.2) is 36.0 Å². The third-order valence-corrected chi connectivity index (χ3v) is 4.34. The maximum absolute atomic E-state index is 9.24. The first-order valence-electron chi connectivity index (χ1n) is 4.58. The summed E-state index contributed by atoms with van der Waals surface area (Å²) in [6.45, 7) is 4.49. The van der Waals surface area contributed by atoms with Crippen LogP contribution < -0.4 is 0 Å². The lowest BCUT2D eigenvalue weighted by Crippen LogP contribution is -2.51. The summed E-state index contributed by atoms with van der Waals surface area (Å²) in [4.78, 5) is 2.07. The fraction of sp³-hybridized carbons (Fsp3) is 0.900. The van der Waals surface area contributed by atoms with E-state index in [1.54, 1.807) is 0 Å². The largest absolute Gasteiger partial charge is 0.291 e. The molecule has 1 fully saturated rings. The van der Waals surface area contributed by atoms with Crippen molar-refractivity contribution >= 4 is 11.8 Å². The van der Waals surface area contributed by atoms with E-state index in [1.807, 2.05) is 25.9 Å². The zero-order valence-electron chi connectivity index (χ0n) is 8.92. The third-order valence-electron chi connectivity index (χ3n) is 2.67. The van der Waals surface area contributed by atoms with Crippen LogP contribution in [0.3, 0.4) is 0 Å². The van der Waals surface area contributed by atoms with Gasteiger partial charge in [0.25, 0.3) is 0 Å². The number of rotatable bonds is 1. The van der Waals surface area contributed by atoms with Crippen molar-refractivity contribution in [2.75, 3.05) is 25.6 Å². The minimum Gasteiger partial charge on any atom is -0.291 e. The first kappa shape index (κ1) is 10.9. The fourth-order valence-corrected chi connectivity index (χ4v) is 3.37. The van der Waals surface area contributed by atoms with Gasteiger partial charge in [-0.25, -0.2) is 0 Å². The third kappa shape index (κ3) is 2.18. The van der Waals surface area contributed by atoms with Gasteiger partial charge < -0.3 is 0 Å². The average molecular weight is 198 g/mol. The summed E-state index contributed by atoms with van der Waals surface area (Å²) in [6.07, 6.45) is 0.983. The SMILES string of the molecule is CN(C)C1(C#N)CSCC(C)(C)C1. The van der Waals surface area contributed by atoms with Crippen LogP contribution in [0.2, 0.25) is 0 Å². The number of nitriles is 1. The van der Waals surface area contributed by atoms with Crippen LogP contribution in [0.5, 0.6) is 0 Å². The Hall–Kier alpha value is -0.200. The van der Waals surface area contributed by atoms with Crippen LogP contribution in [0, 0.1) is 16.7 Å². The maximum atomic E-state index is 9.24. The molecule has 2 nitrogen and oxygen atoms in total. The van der Waals surface area contributed by atoms with Gasteiger partial charge in [0.15, 0.2) is 0 Å². The summed E-state index contributed by atoms with van der Waals surface area (Å²) in [7, 11) is 4.01. The van der Waals surface area contributed by atoms with E-state index in [4.69, 9.17) is 0 Å². The molecule has 0 N–H and O–H groups in total. The molecule has 1 aliphatic rings. The summed E-state index contributed by atoms with van der Waals surface area (Å²) in [6, 6.07) is 2.48. The Bertz CT molecular complexity index is 230. The highest BCUT2D eigenvalue weighted by molar-refractivity contribution is 7.99. The summed E-state index contributed by atoms with van der Waals surface area (Å²) < 4.78 is 0. The van der Waals surface area contributed by atoms with Crippen LogP contribution in [0.25, 0.3) is 0 Å². The molecular formula is C10H18N2S. The average Bonchev–Trinajstić information content (AvgIpc) is 2.02. The van der Waals surface area contributed by atoms with Crippen LogP contribution >= 0.6 is 11.8 Å². The standard InChI is InChI=1S/C10H18N2S/c1-9(2)5-10(6-11,12(3)4)8-13-7-9/h5,7-8H2,1-4H3. The van der Waals surface area contributed by atoms with Gasteiger partial charge in [0.1, 0.15) is 5.54 Å². The van der Waals surface area contributed by atoms with Crippen molar-refractivity contribution in [3.8, 4) is 6.07 Å². The lowest BCUT2D eigenvalue weighted by atomic mass is 9.80. The van der Waals surface area contributed by atoms with Crippen molar-refractivity contribution in [2.45, 2.75) is 25.8 Å². The highest BCUT2D eigenvalue weighted by Crippen LogP contribution is 2.40. The number of hydrogen-bond acceptors (Lipinski definition) is 3. The van der Waals surface area contributed by atoms with Crippen molar-refractivity contribution in [3.05, 3.63) is 0 Å². The number of nitrogens with zero attached hydrogens (tertiary/aromatic N) is 2. The molecule has 0 radical (unpaired) electrons. The molecule has 1 aliphatic heterocycles. The Kier molecular flexibility index (Phi) is 2.94. The van der Waals surface area contributed by atoms with Gasteiger partial charge in [0.05, 0.1) is 6.07 Å². The highest BCUT2D eigenvalue weighted by Gasteiger charge is 2.42. The minimum absolute atomic E-state index is 0.244. The number of hydrogen-bond donors (Lipinski definition) is 0. The van der Waals surface area contributed by atoms with E-state index in [-0.39, 0.29) is 5.54 Å². The van der Waals surface area contributed by atoms with Crippen LogP contribution in [0.4, 0.5) is 0 Å². The molecule has 1 unspecified atom stereocenters. The monoisotopic (exact) mass is 198 g/mol. The second kappa shape index (κ2) is 3.51. The smallest absolute Gasteiger partial charge is 0.118 e. The highest BCUT2D eigenvalue weighted by atomic mass is 32.2. The first-order chi connectivity index (χ1) is 5.92. The molecule has 0 amide bonds. The quantitative estimate of drug-likeness (QED) is 0.644. The zero-order valence-corrected chi connectivity index (χ0v) is 9.74. The van der Waals surface area contributed by atoms with E-state index in [0.717, 1.165) is 12.2 Å². The molecule has 1 heterocycles. The van der Waals surface area contributed by atoms with Gasteiger partial charge in [-0.2, -0.15) is 17.0 Å². The normalized spacial score (nSPS) is 32.9. The molecule has 74 valence electrons. The summed E-state index contributed by atoms with van der Waals surface area (Å²) >= 11 is 1.90. The van der Waals surface area contributed by atoms with Gasteiger partial charge in [-0.3, -0.25) is 4.90 Å². The second-order valence-electron chi connectivity index (χ2n) is 4.87. The predicted octanol–water partition coefficient (Wildman–Crippen LogP) is 1.97. The van der Waals surface area contributed by atoms with E-state index in [9.17, 15) is 5.26 Å². The summed E-state index contributed by atoms with van der Waals surface area (Å²) in [5.41, 5.74) is 0.0509. The molecule has 1 atom stereocenters. The molecule has 0 bridgehead atoms. The Balaban J connectivity index is 2.84. The van der Waals surface area contributed by atoms with Gasteiger partial charge in [-0.1, -0.05) is 13.8 Å². The second-order valence-corrected chi connectivity index (χ2v) is 5.86. The molecule has 0 spiro atoms. The molecular weight excluding hydrogens is 180 g/mol. The van der Waals surface area contributed by atoms with E-state index >= 15 is 0 Å². The van der Waals surface area contributed by atoms with Crippen LogP contribution in [0.15, 0.2) is 0 Å². The van der Waals surface area contributed by atoms with Crippen molar-refractivity contribution in [2.24, 2.45) is 5.41 Å². The van der Waals surface area contributed by atoms with E-state index in [2.05, 4.69) is 24.8 Å². The van der Waals surface area contributed by atoms with Crippen molar-refractivity contribution < 1.29 is 0 Å². The molecule has 3 heteroatoms. The predicted molar refractivity (Wildman–Crippen MR) is 57.8 cm³/mol. The summed E-state index contributed by atoms with van der Waals surface area (Å²) in [5.74, 6) is 2.12. The van der Waals surface area contributed by atoms with Gasteiger partial charge >= 0.3 is 0 Å². The molecule has 1 rings (SSSR count). The van der Waals surface area contributed by atoms with E-state index in [0.29, 0.717) is 5.41 Å². The Labute approximate surface area is 85.3 Å². The lowest BCUT2D eigenvalue weighted by Gasteiger charge is -2.43. The molecule has 13 heavy (non-hydrogen) atoms. The summed E-state index contributed by atoms with van der Waals surface area (Å²) in [5, 5.41) is 9.24. The Morgan fingerprint density at radius 3 is 2.23 bits per heavy atom. The number of thioether (sulfide) groups is 1. The van der Waals surface area contributed by atoms with Crippen LogP contribution in [0.1, 0.15) is 20.3 Å².